The van der Waals surface area contributed by atoms with Crippen molar-refractivity contribution >= 4 is 43.3 Å². The molecule has 30 heavy (non-hydrogen) atoms. The van der Waals surface area contributed by atoms with Gasteiger partial charge in [0.05, 0.1) is 23.1 Å². The first-order chi connectivity index (χ1) is 14.3. The normalized spacial score (nSPS) is 12.3. The minimum absolute atomic E-state index is 0.120. The molecule has 0 aliphatic carbocycles. The lowest BCUT2D eigenvalue weighted by molar-refractivity contribution is -0.141. The molecule has 0 atom stereocenters. The summed E-state index contributed by atoms with van der Waals surface area (Å²) in [6.07, 6.45) is 0.841. The number of fused-ring (bicyclic) bond motifs is 1. The van der Waals surface area contributed by atoms with Crippen LogP contribution in [0.3, 0.4) is 0 Å². The third-order valence-electron chi connectivity index (χ3n) is 4.46. The highest BCUT2D eigenvalue weighted by molar-refractivity contribution is 7.91. The van der Waals surface area contributed by atoms with Gasteiger partial charge in [-0.2, -0.15) is 4.99 Å². The van der Waals surface area contributed by atoms with Crippen molar-refractivity contribution in [2.45, 2.75) is 25.6 Å². The second-order valence-electron chi connectivity index (χ2n) is 6.73. The minimum Gasteiger partial charge on any atom is -0.468 e. The van der Waals surface area contributed by atoms with Crippen LogP contribution in [0, 0.1) is 0 Å². The van der Waals surface area contributed by atoms with Crippen LogP contribution in [0.25, 0.3) is 10.2 Å². The van der Waals surface area contributed by atoms with Gasteiger partial charge in [-0.1, -0.05) is 54.7 Å². The predicted octanol–water partition coefficient (Wildman–Crippen LogP) is 2.48. The van der Waals surface area contributed by atoms with E-state index >= 15 is 0 Å². The smallest absolute Gasteiger partial charge is 0.325 e. The Hall–Kier alpha value is -2.78. The Kier molecular flexibility index (Phi) is 6.84. The van der Waals surface area contributed by atoms with Crippen LogP contribution in [0.4, 0.5) is 0 Å². The summed E-state index contributed by atoms with van der Waals surface area (Å²) in [5.74, 6) is -2.19. The number of hydrogen-bond acceptors (Lipinski definition) is 6. The highest BCUT2D eigenvalue weighted by Crippen LogP contribution is 2.20. The van der Waals surface area contributed by atoms with Crippen molar-refractivity contribution in [3.63, 3.8) is 0 Å². The Morgan fingerprint density at radius 2 is 1.83 bits per heavy atom. The molecule has 0 aliphatic rings. The van der Waals surface area contributed by atoms with Crippen LogP contribution in [0.15, 0.2) is 53.5 Å². The molecule has 0 saturated heterocycles. The van der Waals surface area contributed by atoms with Crippen LogP contribution in [-0.2, 0) is 42.9 Å². The summed E-state index contributed by atoms with van der Waals surface area (Å²) in [4.78, 5) is 28.6. The van der Waals surface area contributed by atoms with Gasteiger partial charge in [-0.25, -0.2) is 8.42 Å². The van der Waals surface area contributed by atoms with Gasteiger partial charge in [0.2, 0.25) is 0 Å². The van der Waals surface area contributed by atoms with Crippen molar-refractivity contribution in [3.05, 3.63) is 64.5 Å². The van der Waals surface area contributed by atoms with Crippen LogP contribution in [-0.4, -0.2) is 37.7 Å². The molecule has 1 aromatic heterocycles. The van der Waals surface area contributed by atoms with Gasteiger partial charge in [-0.15, -0.1) is 0 Å². The number of aromatic nitrogens is 1. The third kappa shape index (κ3) is 5.43. The number of hydrogen-bond donors (Lipinski definition) is 0. The Morgan fingerprint density at radius 3 is 2.50 bits per heavy atom. The van der Waals surface area contributed by atoms with Crippen molar-refractivity contribution in [2.75, 3.05) is 12.9 Å². The summed E-state index contributed by atoms with van der Waals surface area (Å²) in [5, 5.41) is 0. The van der Waals surface area contributed by atoms with Crippen LogP contribution in [0.1, 0.15) is 18.1 Å². The van der Waals surface area contributed by atoms with Crippen molar-refractivity contribution in [3.8, 4) is 0 Å². The van der Waals surface area contributed by atoms with Gasteiger partial charge in [0.1, 0.15) is 12.3 Å². The Morgan fingerprint density at radius 1 is 1.10 bits per heavy atom. The van der Waals surface area contributed by atoms with Crippen LogP contribution < -0.4 is 4.80 Å². The zero-order chi connectivity index (χ0) is 21.7. The Labute approximate surface area is 178 Å². The number of nitrogens with zero attached hydrogens (tertiary/aromatic N) is 2. The molecule has 0 saturated carbocycles. The largest absolute Gasteiger partial charge is 0.468 e. The fraction of sp³-hybridized carbons (Fsp3) is 0.286. The molecule has 0 radical (unpaired) electrons. The number of aryl methyl sites for hydroxylation is 1. The first-order valence-corrected chi connectivity index (χ1v) is 12.0. The molecule has 158 valence electrons. The number of carbonyl (C=O) groups is 2. The SMILES string of the molecule is CCc1ccc2c(c1)sc(=NC(=O)CS(=O)(=O)Cc1ccccc1)n2CC(=O)OC. The number of thiazole rings is 1. The summed E-state index contributed by atoms with van der Waals surface area (Å²) < 4.78 is 32.0. The zero-order valence-corrected chi connectivity index (χ0v) is 18.3. The fourth-order valence-corrected chi connectivity index (χ4v) is 5.33. The maximum Gasteiger partial charge on any atom is 0.325 e. The zero-order valence-electron chi connectivity index (χ0n) is 16.7. The van der Waals surface area contributed by atoms with Crippen molar-refractivity contribution in [2.24, 2.45) is 4.99 Å². The summed E-state index contributed by atoms with van der Waals surface area (Å²) in [5.41, 5.74) is 2.46. The number of ether oxygens (including phenoxy) is 1. The van der Waals surface area contributed by atoms with E-state index < -0.39 is 27.5 Å². The molecule has 0 aliphatic heterocycles. The van der Waals surface area contributed by atoms with E-state index in [0.29, 0.717) is 5.56 Å². The molecular weight excluding hydrogens is 424 g/mol. The first-order valence-electron chi connectivity index (χ1n) is 9.32. The highest BCUT2D eigenvalue weighted by atomic mass is 32.2. The molecular formula is C21H22N2O5S2. The number of carbonyl (C=O) groups excluding carboxylic acids is 2. The molecule has 7 nitrogen and oxygen atoms in total. The topological polar surface area (TPSA) is 94.8 Å². The molecule has 3 rings (SSSR count). The molecule has 0 spiro atoms. The number of methoxy groups -OCH3 is 1. The molecule has 0 unspecified atom stereocenters. The second-order valence-corrected chi connectivity index (χ2v) is 9.80. The van der Waals surface area contributed by atoms with Gasteiger partial charge in [0.25, 0.3) is 5.91 Å². The van der Waals surface area contributed by atoms with E-state index in [9.17, 15) is 18.0 Å². The first kappa shape index (κ1) is 21.9. The summed E-state index contributed by atoms with van der Waals surface area (Å²) in [6.45, 7) is 1.91. The fourth-order valence-electron chi connectivity index (χ4n) is 2.98. The molecule has 0 N–H and O–H groups in total. The van der Waals surface area contributed by atoms with Crippen molar-refractivity contribution in [1.29, 1.82) is 0 Å². The lowest BCUT2D eigenvalue weighted by Gasteiger charge is -2.04. The van der Waals surface area contributed by atoms with Gasteiger partial charge in [-0.3, -0.25) is 9.59 Å². The maximum absolute atomic E-state index is 12.5. The number of rotatable bonds is 7. The van der Waals surface area contributed by atoms with E-state index in [1.54, 1.807) is 34.9 Å². The van der Waals surface area contributed by atoms with E-state index in [1.165, 1.54) is 18.4 Å². The number of amides is 1. The van der Waals surface area contributed by atoms with E-state index in [0.717, 1.165) is 22.2 Å². The van der Waals surface area contributed by atoms with Crippen molar-refractivity contribution < 1.29 is 22.7 Å². The standard InChI is InChI=1S/C21H22N2O5S2/c1-3-15-9-10-17-18(11-15)29-21(23(17)12-20(25)28-2)22-19(24)14-30(26,27)13-16-7-5-4-6-8-16/h4-11H,3,12-14H2,1-2H3. The third-order valence-corrected chi connectivity index (χ3v) is 6.96. The van der Waals surface area contributed by atoms with Crippen LogP contribution >= 0.6 is 11.3 Å². The molecule has 3 aromatic rings. The second kappa shape index (κ2) is 9.36. The quantitative estimate of drug-likeness (QED) is 0.520. The molecule has 1 amide bonds. The van der Waals surface area contributed by atoms with E-state index in [-0.39, 0.29) is 17.1 Å². The number of sulfone groups is 1. The highest BCUT2D eigenvalue weighted by Gasteiger charge is 2.18. The van der Waals surface area contributed by atoms with E-state index in [1.807, 2.05) is 25.1 Å². The predicted molar refractivity (Wildman–Crippen MR) is 116 cm³/mol. The average molecular weight is 447 g/mol. The molecule has 1 heterocycles. The molecule has 0 bridgehead atoms. The Bertz CT molecular complexity index is 1240. The molecule has 2 aromatic carbocycles. The summed E-state index contributed by atoms with van der Waals surface area (Å²) >= 11 is 1.24. The Balaban J connectivity index is 1.94. The monoisotopic (exact) mass is 446 g/mol. The van der Waals surface area contributed by atoms with Crippen LogP contribution in [0.2, 0.25) is 0 Å². The average Bonchev–Trinajstić information content (AvgIpc) is 3.03. The van der Waals surface area contributed by atoms with Crippen LogP contribution in [0.5, 0.6) is 0 Å². The number of esters is 1. The van der Waals surface area contributed by atoms with Gasteiger partial charge in [-0.05, 0) is 29.7 Å². The molecule has 0 fully saturated rings. The van der Waals surface area contributed by atoms with E-state index in [4.69, 9.17) is 4.74 Å². The molecule has 9 heteroatoms. The lowest BCUT2D eigenvalue weighted by Crippen LogP contribution is -2.24. The summed E-state index contributed by atoms with van der Waals surface area (Å²) in [7, 11) is -2.39. The van der Waals surface area contributed by atoms with Gasteiger partial charge in [0.15, 0.2) is 14.6 Å². The van der Waals surface area contributed by atoms with Gasteiger partial charge >= 0.3 is 5.97 Å². The van der Waals surface area contributed by atoms with Gasteiger partial charge < -0.3 is 9.30 Å². The maximum atomic E-state index is 12.5. The minimum atomic E-state index is -3.67. The van der Waals surface area contributed by atoms with Crippen molar-refractivity contribution in [1.82, 2.24) is 4.57 Å². The lowest BCUT2D eigenvalue weighted by atomic mass is 10.2. The van der Waals surface area contributed by atoms with E-state index in [2.05, 4.69) is 4.99 Å². The summed E-state index contributed by atoms with van der Waals surface area (Å²) in [6, 6.07) is 14.5. The van der Waals surface area contributed by atoms with Gasteiger partial charge in [0, 0.05) is 0 Å². The number of benzene rings is 2.